The van der Waals surface area contributed by atoms with Gasteiger partial charge in [0.25, 0.3) is 0 Å². The molecular weight excluding hydrogens is 276 g/mol. The number of aromatic nitrogens is 2. The summed E-state index contributed by atoms with van der Waals surface area (Å²) < 4.78 is 4.99. The van der Waals surface area contributed by atoms with Crippen LogP contribution in [0.2, 0.25) is 0 Å². The molecule has 2 aromatic rings. The molecule has 3 heterocycles. The van der Waals surface area contributed by atoms with E-state index in [4.69, 9.17) is 4.52 Å². The molecule has 1 N–H and O–H groups in total. The monoisotopic (exact) mass is 292 g/mol. The third-order valence-electron chi connectivity index (χ3n) is 3.53. The van der Waals surface area contributed by atoms with Crippen molar-refractivity contribution in [1.29, 1.82) is 0 Å². The van der Waals surface area contributed by atoms with Crippen molar-refractivity contribution >= 4 is 22.4 Å². The predicted molar refractivity (Wildman–Crippen MR) is 75.4 cm³/mol. The molecule has 1 atom stereocenters. The first-order chi connectivity index (χ1) is 9.78. The largest absolute Gasteiger partial charge is 0.364 e. The highest BCUT2D eigenvalue weighted by Gasteiger charge is 2.29. The minimum Gasteiger partial charge on any atom is -0.364 e. The lowest BCUT2D eigenvalue weighted by Crippen LogP contribution is -2.45. The van der Waals surface area contributed by atoms with Gasteiger partial charge in [0, 0.05) is 36.7 Å². The highest BCUT2D eigenvalue weighted by Crippen LogP contribution is 2.21. The Labute approximate surface area is 120 Å². The Balaban J connectivity index is 1.69. The van der Waals surface area contributed by atoms with Gasteiger partial charge in [-0.3, -0.25) is 9.69 Å². The number of fused-ring (bicyclic) bond motifs is 1. The second-order valence-electron chi connectivity index (χ2n) is 4.76. The number of hydrogen-bond acceptors (Lipinski definition) is 6. The van der Waals surface area contributed by atoms with Gasteiger partial charge in [-0.2, -0.15) is 0 Å². The van der Waals surface area contributed by atoms with Crippen LogP contribution in [0.4, 0.5) is 5.13 Å². The van der Waals surface area contributed by atoms with Crippen molar-refractivity contribution in [2.45, 2.75) is 32.4 Å². The van der Waals surface area contributed by atoms with Crippen LogP contribution in [0, 0.1) is 0 Å². The van der Waals surface area contributed by atoms with Crippen molar-refractivity contribution in [3.8, 4) is 0 Å². The Hall–Kier alpha value is -1.73. The number of thiazole rings is 1. The van der Waals surface area contributed by atoms with Gasteiger partial charge in [0.2, 0.25) is 5.91 Å². The van der Waals surface area contributed by atoms with E-state index in [1.54, 1.807) is 12.5 Å². The van der Waals surface area contributed by atoms with Crippen LogP contribution in [0.25, 0.3) is 0 Å². The molecule has 2 aromatic heterocycles. The lowest BCUT2D eigenvalue weighted by Gasteiger charge is -2.32. The van der Waals surface area contributed by atoms with Crippen LogP contribution < -0.4 is 5.32 Å². The molecule has 20 heavy (non-hydrogen) atoms. The summed E-state index contributed by atoms with van der Waals surface area (Å²) in [5, 5.41) is 9.34. The van der Waals surface area contributed by atoms with Gasteiger partial charge in [0.05, 0.1) is 11.7 Å². The van der Waals surface area contributed by atoms with E-state index in [1.165, 1.54) is 11.3 Å². The maximum absolute atomic E-state index is 12.4. The molecule has 0 radical (unpaired) electrons. The van der Waals surface area contributed by atoms with Crippen LogP contribution in [-0.2, 0) is 17.8 Å². The van der Waals surface area contributed by atoms with Gasteiger partial charge in [-0.1, -0.05) is 12.1 Å². The molecule has 0 bridgehead atoms. The van der Waals surface area contributed by atoms with Crippen LogP contribution >= 0.6 is 11.3 Å². The number of nitrogens with one attached hydrogen (secondary N) is 1. The molecule has 0 saturated heterocycles. The zero-order valence-electron chi connectivity index (χ0n) is 11.2. The summed E-state index contributed by atoms with van der Waals surface area (Å²) in [7, 11) is 0. The summed E-state index contributed by atoms with van der Waals surface area (Å²) in [6.07, 6.45) is 4.95. The maximum Gasteiger partial charge on any atom is 0.243 e. The summed E-state index contributed by atoms with van der Waals surface area (Å²) >= 11 is 1.43. The normalized spacial score (nSPS) is 16.6. The number of rotatable bonds is 4. The SMILES string of the molecule is CC[C@@H](C(=O)Nc1nccs1)N1CCc2nocc2C1. The van der Waals surface area contributed by atoms with E-state index in [0.29, 0.717) is 11.7 Å². The third-order valence-corrected chi connectivity index (χ3v) is 4.22. The topological polar surface area (TPSA) is 71.3 Å². The average molecular weight is 292 g/mol. The molecule has 1 aliphatic heterocycles. The third kappa shape index (κ3) is 2.59. The van der Waals surface area contributed by atoms with Gasteiger partial charge >= 0.3 is 0 Å². The highest BCUT2D eigenvalue weighted by molar-refractivity contribution is 7.13. The Kier molecular flexibility index (Phi) is 3.79. The fraction of sp³-hybridized carbons (Fsp3) is 0.462. The lowest BCUT2D eigenvalue weighted by molar-refractivity contribution is -0.121. The fourth-order valence-electron chi connectivity index (χ4n) is 2.51. The molecule has 1 aliphatic rings. The van der Waals surface area contributed by atoms with Gasteiger partial charge in [0.15, 0.2) is 5.13 Å². The molecule has 0 unspecified atom stereocenters. The van der Waals surface area contributed by atoms with Crippen molar-refractivity contribution < 1.29 is 9.32 Å². The standard InChI is InChI=1S/C13H16N4O2S/c1-2-11(12(18)15-13-14-4-6-20-13)17-5-3-10-9(7-17)8-19-16-10/h4,6,8,11H,2-3,5,7H2,1H3,(H,14,15,18)/t11-/m0/s1. The molecule has 3 rings (SSSR count). The number of carbonyl (C=O) groups is 1. The quantitative estimate of drug-likeness (QED) is 0.932. The predicted octanol–water partition coefficient (Wildman–Crippen LogP) is 1.91. The minimum atomic E-state index is -0.151. The maximum atomic E-state index is 12.4. The Morgan fingerprint density at radius 2 is 2.55 bits per heavy atom. The van der Waals surface area contributed by atoms with Crippen LogP contribution in [0.3, 0.4) is 0 Å². The highest BCUT2D eigenvalue weighted by atomic mass is 32.1. The van der Waals surface area contributed by atoms with Gasteiger partial charge in [-0.25, -0.2) is 4.98 Å². The summed E-state index contributed by atoms with van der Waals surface area (Å²) in [5.74, 6) is 0.00218. The summed E-state index contributed by atoms with van der Waals surface area (Å²) in [5.41, 5.74) is 2.09. The van der Waals surface area contributed by atoms with Gasteiger partial charge in [0.1, 0.15) is 6.26 Å². The van der Waals surface area contributed by atoms with Crippen LogP contribution in [0.15, 0.2) is 22.4 Å². The van der Waals surface area contributed by atoms with E-state index in [-0.39, 0.29) is 11.9 Å². The van der Waals surface area contributed by atoms with Crippen molar-refractivity contribution in [1.82, 2.24) is 15.0 Å². The lowest BCUT2D eigenvalue weighted by atomic mass is 10.0. The first kappa shape index (κ1) is 13.3. The Bertz CT molecular complexity index is 581. The molecule has 0 aromatic carbocycles. The van der Waals surface area contributed by atoms with Crippen LogP contribution in [0.5, 0.6) is 0 Å². The average Bonchev–Trinajstić information content (AvgIpc) is 3.09. The summed E-state index contributed by atoms with van der Waals surface area (Å²) in [6, 6.07) is -0.151. The molecular formula is C13H16N4O2S. The van der Waals surface area contributed by atoms with Crippen LogP contribution in [0.1, 0.15) is 24.6 Å². The van der Waals surface area contributed by atoms with Crippen molar-refractivity contribution in [3.63, 3.8) is 0 Å². The number of hydrogen-bond donors (Lipinski definition) is 1. The summed E-state index contributed by atoms with van der Waals surface area (Å²) in [6.45, 7) is 3.56. The van der Waals surface area contributed by atoms with E-state index in [9.17, 15) is 4.79 Å². The molecule has 0 aliphatic carbocycles. The van der Waals surface area contributed by atoms with Gasteiger partial charge < -0.3 is 9.84 Å². The van der Waals surface area contributed by atoms with E-state index in [0.717, 1.165) is 30.6 Å². The zero-order valence-corrected chi connectivity index (χ0v) is 12.0. The number of amides is 1. The van der Waals surface area contributed by atoms with Crippen LogP contribution in [-0.4, -0.2) is 33.5 Å². The smallest absolute Gasteiger partial charge is 0.243 e. The molecule has 106 valence electrons. The molecule has 0 saturated carbocycles. The molecule has 0 fully saturated rings. The first-order valence-corrected chi connectivity index (χ1v) is 7.52. The van der Waals surface area contributed by atoms with Crippen molar-refractivity contribution in [3.05, 3.63) is 29.1 Å². The number of anilines is 1. The molecule has 0 spiro atoms. The number of nitrogens with zero attached hydrogens (tertiary/aromatic N) is 3. The van der Waals surface area contributed by atoms with E-state index in [1.807, 2.05) is 12.3 Å². The van der Waals surface area contributed by atoms with Gasteiger partial charge in [-0.15, -0.1) is 11.3 Å². The fourth-order valence-corrected chi connectivity index (χ4v) is 3.04. The molecule has 1 amide bonds. The zero-order chi connectivity index (χ0) is 13.9. The summed E-state index contributed by atoms with van der Waals surface area (Å²) in [4.78, 5) is 18.6. The minimum absolute atomic E-state index is 0.00218. The first-order valence-electron chi connectivity index (χ1n) is 6.64. The number of carbonyl (C=O) groups excluding carboxylic acids is 1. The van der Waals surface area contributed by atoms with Gasteiger partial charge in [-0.05, 0) is 6.42 Å². The molecule has 6 nitrogen and oxygen atoms in total. The van der Waals surface area contributed by atoms with Crippen molar-refractivity contribution in [2.75, 3.05) is 11.9 Å². The molecule has 7 heteroatoms. The van der Waals surface area contributed by atoms with Crippen molar-refractivity contribution in [2.24, 2.45) is 0 Å². The van der Waals surface area contributed by atoms with E-state index >= 15 is 0 Å². The Morgan fingerprint density at radius 3 is 3.30 bits per heavy atom. The Morgan fingerprint density at radius 1 is 1.65 bits per heavy atom. The second kappa shape index (κ2) is 5.72. The van der Waals surface area contributed by atoms with E-state index in [2.05, 4.69) is 20.4 Å². The second-order valence-corrected chi connectivity index (χ2v) is 5.65. The van der Waals surface area contributed by atoms with E-state index < -0.39 is 0 Å².